The van der Waals surface area contributed by atoms with Crippen LogP contribution in [0.2, 0.25) is 0 Å². The van der Waals surface area contributed by atoms with Gasteiger partial charge in [-0.25, -0.2) is 4.79 Å². The minimum Gasteiger partial charge on any atom is -0.465 e. The third kappa shape index (κ3) is 10.6. The van der Waals surface area contributed by atoms with Gasteiger partial charge in [-0.05, 0) is 31.1 Å². The minimum absolute atomic E-state index is 0.0825. The van der Waals surface area contributed by atoms with Crippen molar-refractivity contribution in [3.63, 3.8) is 0 Å². The van der Waals surface area contributed by atoms with Crippen molar-refractivity contribution in [1.29, 1.82) is 0 Å². The second kappa shape index (κ2) is 10.5. The highest BCUT2D eigenvalue weighted by Crippen LogP contribution is 2.16. The molecule has 0 rings (SSSR count). The molecule has 0 aromatic rings. The van der Waals surface area contributed by atoms with Crippen LogP contribution in [0.4, 0.5) is 4.79 Å². The Morgan fingerprint density at radius 2 is 1.70 bits per heavy atom. The van der Waals surface area contributed by atoms with Crippen LogP contribution in [0.15, 0.2) is 0 Å². The quantitative estimate of drug-likeness (QED) is 0.662. The van der Waals surface area contributed by atoms with Crippen molar-refractivity contribution in [3.8, 4) is 0 Å². The monoisotopic (exact) mass is 287 g/mol. The molecule has 0 aromatic carbocycles. The molecule has 0 aliphatic heterocycles. The Morgan fingerprint density at radius 1 is 1.05 bits per heavy atom. The minimum atomic E-state index is -0.434. The number of ether oxygens (including phenoxy) is 2. The predicted octanol–water partition coefficient (Wildman–Crippen LogP) is 2.98. The molecule has 0 aliphatic rings. The van der Waals surface area contributed by atoms with E-state index < -0.39 is 6.09 Å². The number of esters is 1. The van der Waals surface area contributed by atoms with Crippen LogP contribution in [0.1, 0.15) is 47.5 Å². The van der Waals surface area contributed by atoms with Crippen molar-refractivity contribution in [2.75, 3.05) is 19.8 Å². The molecule has 5 heteroatoms. The summed E-state index contributed by atoms with van der Waals surface area (Å²) in [5, 5.41) is 2.69. The molecule has 20 heavy (non-hydrogen) atoms. The second-order valence-corrected chi connectivity index (χ2v) is 5.88. The van der Waals surface area contributed by atoms with E-state index in [0.29, 0.717) is 38.0 Å². The molecule has 1 N–H and O–H groups in total. The summed E-state index contributed by atoms with van der Waals surface area (Å²) in [7, 11) is 0. The van der Waals surface area contributed by atoms with Gasteiger partial charge >= 0.3 is 12.1 Å². The molecular weight excluding hydrogens is 258 g/mol. The molecule has 0 unspecified atom stereocenters. The number of nitrogens with one attached hydrogen (secondary N) is 1. The van der Waals surface area contributed by atoms with Crippen LogP contribution in [-0.4, -0.2) is 31.8 Å². The third-order valence-electron chi connectivity index (χ3n) is 2.65. The standard InChI is InChI=1S/C15H29NO4/c1-6-19-15(18)16-9-13(7-11(2)3)8-14(17)20-10-12(4)5/h11-13H,6-10H2,1-5H3,(H,16,18)/t13-/m0/s1. The lowest BCUT2D eigenvalue weighted by molar-refractivity contribution is -0.145. The van der Waals surface area contributed by atoms with Gasteiger partial charge in [-0.3, -0.25) is 4.79 Å². The normalized spacial score (nSPS) is 12.3. The lowest BCUT2D eigenvalue weighted by Crippen LogP contribution is -2.32. The molecule has 0 saturated heterocycles. The number of amides is 1. The molecular formula is C15H29NO4. The molecule has 0 aliphatic carbocycles. The molecule has 1 amide bonds. The molecule has 0 radical (unpaired) electrons. The van der Waals surface area contributed by atoms with Crippen LogP contribution < -0.4 is 5.32 Å². The molecule has 0 saturated carbocycles. The molecule has 5 nitrogen and oxygen atoms in total. The average Bonchev–Trinajstić information content (AvgIpc) is 2.33. The van der Waals surface area contributed by atoms with Crippen molar-refractivity contribution in [1.82, 2.24) is 5.32 Å². The fourth-order valence-corrected chi connectivity index (χ4v) is 1.87. The molecule has 0 aromatic heterocycles. The Bertz CT molecular complexity index is 290. The van der Waals surface area contributed by atoms with E-state index in [1.165, 1.54) is 0 Å². The lowest BCUT2D eigenvalue weighted by Gasteiger charge is -2.19. The number of rotatable bonds is 9. The summed E-state index contributed by atoms with van der Waals surface area (Å²) in [6.45, 7) is 11.2. The number of carbonyl (C=O) groups excluding carboxylic acids is 2. The zero-order chi connectivity index (χ0) is 15.5. The topological polar surface area (TPSA) is 64.6 Å². The number of hydrogen-bond acceptors (Lipinski definition) is 4. The summed E-state index contributed by atoms with van der Waals surface area (Å²) in [6.07, 6.45) is 0.761. The van der Waals surface area contributed by atoms with Crippen molar-refractivity contribution < 1.29 is 19.1 Å². The predicted molar refractivity (Wildman–Crippen MR) is 78.4 cm³/mol. The van der Waals surface area contributed by atoms with Crippen LogP contribution in [0, 0.1) is 17.8 Å². The van der Waals surface area contributed by atoms with Crippen molar-refractivity contribution in [2.24, 2.45) is 17.8 Å². The van der Waals surface area contributed by atoms with Crippen LogP contribution in [0.5, 0.6) is 0 Å². The van der Waals surface area contributed by atoms with Crippen molar-refractivity contribution in [3.05, 3.63) is 0 Å². The fourth-order valence-electron chi connectivity index (χ4n) is 1.87. The largest absolute Gasteiger partial charge is 0.465 e. The first kappa shape index (κ1) is 18.7. The van der Waals surface area contributed by atoms with Gasteiger partial charge in [-0.15, -0.1) is 0 Å². The van der Waals surface area contributed by atoms with Gasteiger partial charge in [-0.2, -0.15) is 0 Å². The zero-order valence-electron chi connectivity index (χ0n) is 13.4. The van der Waals surface area contributed by atoms with Gasteiger partial charge in [0, 0.05) is 6.54 Å². The second-order valence-electron chi connectivity index (χ2n) is 5.88. The highest BCUT2D eigenvalue weighted by Gasteiger charge is 2.18. The fraction of sp³-hybridized carbons (Fsp3) is 0.867. The van der Waals surface area contributed by atoms with E-state index >= 15 is 0 Å². The maximum absolute atomic E-state index is 11.7. The van der Waals surface area contributed by atoms with Gasteiger partial charge in [0.1, 0.15) is 0 Å². The Balaban J connectivity index is 4.19. The smallest absolute Gasteiger partial charge is 0.407 e. The Hall–Kier alpha value is -1.26. The molecule has 0 fully saturated rings. The van der Waals surface area contributed by atoms with Gasteiger partial charge < -0.3 is 14.8 Å². The Kier molecular flexibility index (Phi) is 9.86. The molecule has 0 spiro atoms. The van der Waals surface area contributed by atoms with Gasteiger partial charge in [0.15, 0.2) is 0 Å². The van der Waals surface area contributed by atoms with Crippen LogP contribution in [-0.2, 0) is 14.3 Å². The lowest BCUT2D eigenvalue weighted by atomic mass is 9.94. The van der Waals surface area contributed by atoms with Crippen molar-refractivity contribution >= 4 is 12.1 Å². The summed E-state index contributed by atoms with van der Waals surface area (Å²) in [5.41, 5.74) is 0. The first-order valence-electron chi connectivity index (χ1n) is 7.41. The summed E-state index contributed by atoms with van der Waals surface area (Å²) in [5.74, 6) is 0.677. The van der Waals surface area contributed by atoms with Gasteiger partial charge in [0.05, 0.1) is 19.6 Å². The van der Waals surface area contributed by atoms with E-state index in [-0.39, 0.29) is 11.9 Å². The van der Waals surface area contributed by atoms with E-state index in [0.717, 1.165) is 6.42 Å². The molecule has 1 atom stereocenters. The number of carbonyl (C=O) groups is 2. The maximum atomic E-state index is 11.7. The highest BCUT2D eigenvalue weighted by atomic mass is 16.5. The Morgan fingerprint density at radius 3 is 2.20 bits per heavy atom. The zero-order valence-corrected chi connectivity index (χ0v) is 13.4. The summed E-state index contributed by atoms with van der Waals surface area (Å²) in [4.78, 5) is 23.0. The first-order valence-corrected chi connectivity index (χ1v) is 7.41. The molecule has 118 valence electrons. The number of hydrogen-bond donors (Lipinski definition) is 1. The average molecular weight is 287 g/mol. The van der Waals surface area contributed by atoms with E-state index in [2.05, 4.69) is 19.2 Å². The highest BCUT2D eigenvalue weighted by molar-refractivity contribution is 5.70. The first-order chi connectivity index (χ1) is 9.35. The SMILES string of the molecule is CCOC(=O)NC[C@H](CC(=O)OCC(C)C)CC(C)C. The summed E-state index contributed by atoms with van der Waals surface area (Å²) in [6, 6.07) is 0. The third-order valence-corrected chi connectivity index (χ3v) is 2.65. The Labute approximate surface area is 122 Å². The van der Waals surface area contributed by atoms with Crippen LogP contribution in [0.3, 0.4) is 0 Å². The molecule has 0 bridgehead atoms. The van der Waals surface area contributed by atoms with E-state index in [4.69, 9.17) is 9.47 Å². The van der Waals surface area contributed by atoms with Gasteiger partial charge in [0.25, 0.3) is 0 Å². The maximum Gasteiger partial charge on any atom is 0.407 e. The van der Waals surface area contributed by atoms with Crippen LogP contribution in [0.25, 0.3) is 0 Å². The summed E-state index contributed by atoms with van der Waals surface area (Å²) >= 11 is 0. The van der Waals surface area contributed by atoms with Crippen LogP contribution >= 0.6 is 0 Å². The van der Waals surface area contributed by atoms with Gasteiger partial charge in [-0.1, -0.05) is 27.7 Å². The van der Waals surface area contributed by atoms with Gasteiger partial charge in [0.2, 0.25) is 0 Å². The van der Waals surface area contributed by atoms with E-state index in [9.17, 15) is 9.59 Å². The molecule has 0 heterocycles. The summed E-state index contributed by atoms with van der Waals surface area (Å²) < 4.78 is 10.0. The number of alkyl carbamates (subject to hydrolysis) is 1. The van der Waals surface area contributed by atoms with E-state index in [1.807, 2.05) is 13.8 Å². The van der Waals surface area contributed by atoms with E-state index in [1.54, 1.807) is 6.92 Å². The van der Waals surface area contributed by atoms with Crippen molar-refractivity contribution in [2.45, 2.75) is 47.5 Å².